The molecule has 0 saturated heterocycles. The van der Waals surface area contributed by atoms with Crippen LogP contribution in [0.3, 0.4) is 0 Å². The van der Waals surface area contributed by atoms with Gasteiger partial charge in [-0.15, -0.1) is 6.42 Å². The molecule has 0 spiro atoms. The third kappa shape index (κ3) is 4.66. The van der Waals surface area contributed by atoms with Crippen LogP contribution in [0.1, 0.15) is 16.7 Å². The molecule has 28 heavy (non-hydrogen) atoms. The van der Waals surface area contributed by atoms with E-state index in [9.17, 15) is 21.6 Å². The fourth-order valence-electron chi connectivity index (χ4n) is 3.16. The standard InChI is InChI=1S/C20H19F3N2O2S/c1-2-11-25-12-9-15-3-6-18(14-16(15)10-13-25)24-28(26,27)19-7-4-17(5-8-19)20(21,22)23/h1,3-8,14,24H,9-13H2. The van der Waals surface area contributed by atoms with Gasteiger partial charge in [-0.2, -0.15) is 13.2 Å². The largest absolute Gasteiger partial charge is 0.416 e. The highest BCUT2D eigenvalue weighted by atomic mass is 32.2. The van der Waals surface area contributed by atoms with Gasteiger partial charge in [-0.05, 0) is 60.4 Å². The first-order valence-electron chi connectivity index (χ1n) is 8.67. The molecule has 0 aromatic heterocycles. The maximum absolute atomic E-state index is 12.7. The Bertz CT molecular complexity index is 994. The molecular weight excluding hydrogens is 389 g/mol. The monoisotopic (exact) mass is 408 g/mol. The number of sulfonamides is 1. The average molecular weight is 408 g/mol. The number of alkyl halides is 3. The molecular formula is C20H19F3N2O2S. The lowest BCUT2D eigenvalue weighted by Crippen LogP contribution is -2.26. The minimum Gasteiger partial charge on any atom is -0.292 e. The third-order valence-electron chi connectivity index (χ3n) is 4.66. The molecule has 4 nitrogen and oxygen atoms in total. The van der Waals surface area contributed by atoms with Crippen LogP contribution in [0, 0.1) is 12.3 Å². The topological polar surface area (TPSA) is 49.4 Å². The number of halogens is 3. The van der Waals surface area contributed by atoms with E-state index in [1.807, 2.05) is 6.07 Å². The number of nitrogens with one attached hydrogen (secondary N) is 1. The zero-order valence-electron chi connectivity index (χ0n) is 15.0. The predicted octanol–water partition coefficient (Wildman–Crippen LogP) is 3.54. The van der Waals surface area contributed by atoms with Crippen molar-refractivity contribution in [3.05, 3.63) is 59.2 Å². The summed E-state index contributed by atoms with van der Waals surface area (Å²) in [6, 6.07) is 8.73. The number of terminal acetylenes is 1. The first kappa shape index (κ1) is 20.2. The van der Waals surface area contributed by atoms with Crippen molar-refractivity contribution in [1.29, 1.82) is 0 Å². The molecule has 0 radical (unpaired) electrons. The smallest absolute Gasteiger partial charge is 0.292 e. The molecule has 0 aliphatic carbocycles. The van der Waals surface area contributed by atoms with E-state index < -0.39 is 21.8 Å². The molecule has 0 fully saturated rings. The molecule has 1 heterocycles. The van der Waals surface area contributed by atoms with Crippen molar-refractivity contribution in [2.45, 2.75) is 23.9 Å². The summed E-state index contributed by atoms with van der Waals surface area (Å²) >= 11 is 0. The molecule has 2 aromatic carbocycles. The lowest BCUT2D eigenvalue weighted by molar-refractivity contribution is -0.137. The van der Waals surface area contributed by atoms with E-state index in [0.717, 1.165) is 61.3 Å². The lowest BCUT2D eigenvalue weighted by Gasteiger charge is -2.15. The highest BCUT2D eigenvalue weighted by Gasteiger charge is 2.30. The lowest BCUT2D eigenvalue weighted by atomic mass is 10.0. The number of nitrogens with zero attached hydrogens (tertiary/aromatic N) is 1. The Hall–Kier alpha value is -2.50. The maximum Gasteiger partial charge on any atom is 0.416 e. The number of benzene rings is 2. The number of rotatable bonds is 4. The van der Waals surface area contributed by atoms with Gasteiger partial charge in [-0.3, -0.25) is 9.62 Å². The van der Waals surface area contributed by atoms with Crippen molar-refractivity contribution in [1.82, 2.24) is 4.90 Å². The maximum atomic E-state index is 12.7. The second kappa shape index (κ2) is 7.86. The van der Waals surface area contributed by atoms with Crippen LogP contribution >= 0.6 is 0 Å². The van der Waals surface area contributed by atoms with Gasteiger partial charge in [0, 0.05) is 18.8 Å². The normalized spacial score (nSPS) is 15.4. The summed E-state index contributed by atoms with van der Waals surface area (Å²) in [5.74, 6) is 2.63. The van der Waals surface area contributed by atoms with Crippen LogP contribution in [0.25, 0.3) is 0 Å². The molecule has 0 saturated carbocycles. The van der Waals surface area contributed by atoms with Crippen molar-refractivity contribution < 1.29 is 21.6 Å². The molecule has 1 aliphatic heterocycles. The van der Waals surface area contributed by atoms with Crippen LogP contribution in [0.5, 0.6) is 0 Å². The van der Waals surface area contributed by atoms with Gasteiger partial charge in [-0.1, -0.05) is 12.0 Å². The second-order valence-electron chi connectivity index (χ2n) is 6.59. The van der Waals surface area contributed by atoms with Crippen LogP contribution in [0.2, 0.25) is 0 Å². The van der Waals surface area contributed by atoms with Crippen LogP contribution in [0.15, 0.2) is 47.4 Å². The molecule has 0 unspecified atom stereocenters. The molecule has 1 N–H and O–H groups in total. The third-order valence-corrected chi connectivity index (χ3v) is 6.06. The predicted molar refractivity (Wildman–Crippen MR) is 101 cm³/mol. The summed E-state index contributed by atoms with van der Waals surface area (Å²) in [5.41, 5.74) is 1.65. The minimum absolute atomic E-state index is 0.226. The molecule has 0 amide bonds. The van der Waals surface area contributed by atoms with Crippen LogP contribution in [-0.4, -0.2) is 33.0 Å². The van der Waals surface area contributed by atoms with E-state index in [2.05, 4.69) is 15.5 Å². The van der Waals surface area contributed by atoms with Gasteiger partial charge in [0.05, 0.1) is 17.0 Å². The summed E-state index contributed by atoms with van der Waals surface area (Å²) in [6.45, 7) is 2.20. The Kier molecular flexibility index (Phi) is 5.68. The van der Waals surface area contributed by atoms with Gasteiger partial charge in [0.25, 0.3) is 10.0 Å². The molecule has 1 aliphatic rings. The van der Waals surface area contributed by atoms with E-state index >= 15 is 0 Å². The van der Waals surface area contributed by atoms with E-state index in [4.69, 9.17) is 6.42 Å². The average Bonchev–Trinajstić information content (AvgIpc) is 2.83. The van der Waals surface area contributed by atoms with Gasteiger partial charge in [0.1, 0.15) is 0 Å². The molecule has 3 rings (SSSR count). The fourth-order valence-corrected chi connectivity index (χ4v) is 4.21. The van der Waals surface area contributed by atoms with Crippen molar-refractivity contribution >= 4 is 15.7 Å². The van der Waals surface area contributed by atoms with Gasteiger partial charge >= 0.3 is 6.18 Å². The van der Waals surface area contributed by atoms with E-state index in [1.165, 1.54) is 0 Å². The van der Waals surface area contributed by atoms with E-state index in [0.29, 0.717) is 12.2 Å². The van der Waals surface area contributed by atoms with E-state index in [1.54, 1.807) is 12.1 Å². The first-order valence-corrected chi connectivity index (χ1v) is 10.1. The Morgan fingerprint density at radius 3 is 2.29 bits per heavy atom. The summed E-state index contributed by atoms with van der Waals surface area (Å²) in [5, 5.41) is 0. The minimum atomic E-state index is -4.51. The van der Waals surface area contributed by atoms with Crippen LogP contribution < -0.4 is 4.72 Å². The molecule has 0 bridgehead atoms. The highest BCUT2D eigenvalue weighted by Crippen LogP contribution is 2.30. The van der Waals surface area contributed by atoms with Crippen molar-refractivity contribution in [2.24, 2.45) is 0 Å². The molecule has 0 atom stereocenters. The van der Waals surface area contributed by atoms with E-state index in [-0.39, 0.29) is 4.90 Å². The fraction of sp³-hybridized carbons (Fsp3) is 0.300. The zero-order valence-corrected chi connectivity index (χ0v) is 15.8. The van der Waals surface area contributed by atoms with Crippen LogP contribution in [-0.2, 0) is 29.0 Å². The number of hydrogen-bond donors (Lipinski definition) is 1. The second-order valence-corrected chi connectivity index (χ2v) is 8.27. The molecule has 8 heteroatoms. The Balaban J connectivity index is 1.78. The van der Waals surface area contributed by atoms with Crippen molar-refractivity contribution in [3.8, 4) is 12.3 Å². The Morgan fingerprint density at radius 2 is 1.68 bits per heavy atom. The summed E-state index contributed by atoms with van der Waals surface area (Å²) in [7, 11) is -3.98. The van der Waals surface area contributed by atoms with Gasteiger partial charge < -0.3 is 0 Å². The SMILES string of the molecule is C#CCN1CCc2ccc(NS(=O)(=O)c3ccc(C(F)(F)F)cc3)cc2CC1. The first-order chi connectivity index (χ1) is 13.2. The highest BCUT2D eigenvalue weighted by molar-refractivity contribution is 7.92. The summed E-state index contributed by atoms with van der Waals surface area (Å²) in [4.78, 5) is 1.93. The van der Waals surface area contributed by atoms with Crippen molar-refractivity contribution in [3.63, 3.8) is 0 Å². The van der Waals surface area contributed by atoms with Gasteiger partial charge in [-0.25, -0.2) is 8.42 Å². The summed E-state index contributed by atoms with van der Waals surface area (Å²) in [6.07, 6.45) is 2.42. The zero-order chi connectivity index (χ0) is 20.4. The molecule has 2 aromatic rings. The summed E-state index contributed by atoms with van der Waals surface area (Å²) < 4.78 is 65.4. The Morgan fingerprint density at radius 1 is 1.04 bits per heavy atom. The Labute approximate surface area is 162 Å². The van der Waals surface area contributed by atoms with Crippen molar-refractivity contribution in [2.75, 3.05) is 24.4 Å². The number of fused-ring (bicyclic) bond motifs is 1. The number of anilines is 1. The van der Waals surface area contributed by atoms with Gasteiger partial charge in [0.2, 0.25) is 0 Å². The van der Waals surface area contributed by atoms with Crippen LogP contribution in [0.4, 0.5) is 18.9 Å². The van der Waals surface area contributed by atoms with Gasteiger partial charge in [0.15, 0.2) is 0 Å². The number of hydrogen-bond acceptors (Lipinski definition) is 3. The quantitative estimate of drug-likeness (QED) is 0.788. The molecule has 148 valence electrons.